The molecule has 2 amide bonds. The van der Waals surface area contributed by atoms with Crippen LogP contribution in [-0.4, -0.2) is 57.4 Å². The maximum atomic E-state index is 12.2. The average molecular weight is 427 g/mol. The van der Waals surface area contributed by atoms with Gasteiger partial charge in [-0.2, -0.15) is 0 Å². The van der Waals surface area contributed by atoms with E-state index in [0.717, 1.165) is 19.3 Å². The van der Waals surface area contributed by atoms with Crippen molar-refractivity contribution in [1.82, 2.24) is 10.6 Å². The van der Waals surface area contributed by atoms with E-state index in [-0.39, 0.29) is 43.3 Å². The van der Waals surface area contributed by atoms with E-state index < -0.39 is 36.2 Å². The Labute approximate surface area is 198 Å². The van der Waals surface area contributed by atoms with Crippen LogP contribution in [0.1, 0.15) is 86.4 Å². The van der Waals surface area contributed by atoms with Crippen molar-refractivity contribution in [3.63, 3.8) is 0 Å². The number of unbranched alkanes of at least 4 members (excludes halogenated alkanes) is 8. The minimum absolute atomic E-state index is 0. The third kappa shape index (κ3) is 14.9. The molecule has 0 aromatic rings. The molecule has 0 aromatic carbocycles. The third-order valence-corrected chi connectivity index (χ3v) is 4.63. The van der Waals surface area contributed by atoms with Gasteiger partial charge in [0.15, 0.2) is 6.04 Å². The Balaban J connectivity index is -0.00000364. The minimum atomic E-state index is -1.51. The minimum Gasteiger partial charge on any atom is -1.00 e. The number of carboxylic acids is 1. The van der Waals surface area contributed by atoms with E-state index in [1.54, 1.807) is 0 Å². The maximum Gasteiger partial charge on any atom is 1.00 e. The van der Waals surface area contributed by atoms with Crippen LogP contribution in [-0.2, 0) is 14.4 Å². The van der Waals surface area contributed by atoms with Crippen molar-refractivity contribution in [3.05, 3.63) is 0 Å². The van der Waals surface area contributed by atoms with E-state index in [4.69, 9.17) is 5.11 Å². The summed E-state index contributed by atoms with van der Waals surface area (Å²) in [5.74, 6) is -2.61. The van der Waals surface area contributed by atoms with Gasteiger partial charge >= 0.3 is 35.5 Å². The second-order valence-corrected chi connectivity index (χ2v) is 7.43. The SMILES string of the molecule is CCCCCCCCCCCC(=O)NC(C(=O)NC(C(=O)O)C(C)O)C(C)O.[H-].[Na+]. The first-order chi connectivity index (χ1) is 13.2. The molecule has 8 nitrogen and oxygen atoms in total. The number of rotatable bonds is 16. The van der Waals surface area contributed by atoms with Crippen LogP contribution in [0.25, 0.3) is 0 Å². The predicted molar refractivity (Wildman–Crippen MR) is 108 cm³/mol. The largest absolute Gasteiger partial charge is 1.00 e. The van der Waals surface area contributed by atoms with Gasteiger partial charge in [-0.05, 0) is 20.3 Å². The van der Waals surface area contributed by atoms with Crippen LogP contribution >= 0.6 is 0 Å². The number of hydrogen-bond donors (Lipinski definition) is 5. The zero-order valence-corrected chi connectivity index (χ0v) is 20.4. The number of aliphatic hydroxyl groups excluding tert-OH is 2. The van der Waals surface area contributed by atoms with E-state index in [0.29, 0.717) is 6.42 Å². The van der Waals surface area contributed by atoms with E-state index in [1.807, 2.05) is 0 Å². The first-order valence-electron chi connectivity index (χ1n) is 10.4. The summed E-state index contributed by atoms with van der Waals surface area (Å²) in [5.41, 5.74) is 0. The maximum absolute atomic E-state index is 12.2. The number of aliphatic hydroxyl groups is 2. The van der Waals surface area contributed by atoms with Gasteiger partial charge in [0.1, 0.15) is 6.04 Å². The van der Waals surface area contributed by atoms with Gasteiger partial charge in [0.25, 0.3) is 0 Å². The van der Waals surface area contributed by atoms with Crippen molar-refractivity contribution < 1.29 is 60.7 Å². The summed E-state index contributed by atoms with van der Waals surface area (Å²) >= 11 is 0. The number of carboxylic acid groups (broad SMARTS) is 1. The van der Waals surface area contributed by atoms with Crippen molar-refractivity contribution in [1.29, 1.82) is 0 Å². The average Bonchev–Trinajstić information content (AvgIpc) is 2.61. The second-order valence-electron chi connectivity index (χ2n) is 7.43. The molecule has 0 spiro atoms. The fourth-order valence-corrected chi connectivity index (χ4v) is 2.88. The Bertz CT molecular complexity index is 480. The van der Waals surface area contributed by atoms with Crippen LogP contribution < -0.4 is 40.2 Å². The van der Waals surface area contributed by atoms with Crippen LogP contribution in [0.2, 0.25) is 0 Å². The molecule has 0 saturated heterocycles. The Morgan fingerprint density at radius 3 is 1.66 bits per heavy atom. The predicted octanol–water partition coefficient (Wildman–Crippen LogP) is -1.16. The third-order valence-electron chi connectivity index (χ3n) is 4.63. The van der Waals surface area contributed by atoms with E-state index >= 15 is 0 Å². The fraction of sp³-hybridized carbons (Fsp3) is 0.850. The first kappa shape index (κ1) is 30.5. The number of aliphatic carboxylic acids is 1. The second kappa shape index (κ2) is 18.1. The van der Waals surface area contributed by atoms with Crippen molar-refractivity contribution >= 4 is 17.8 Å². The molecule has 0 rings (SSSR count). The van der Waals surface area contributed by atoms with Crippen molar-refractivity contribution in [2.75, 3.05) is 0 Å². The molecule has 4 atom stereocenters. The Kier molecular flexibility index (Phi) is 19.1. The van der Waals surface area contributed by atoms with Gasteiger partial charge in [-0.1, -0.05) is 58.3 Å². The molecule has 9 heteroatoms. The fourth-order valence-electron chi connectivity index (χ4n) is 2.88. The molecule has 0 aliphatic rings. The standard InChI is InChI=1S/C20H38N2O6.Na.H/c1-4-5-6-7-8-9-10-11-12-13-16(25)21-17(14(2)23)19(26)22-18(15(3)24)20(27)28;;/h14-15,17-18,23-24H,4-13H2,1-3H3,(H,21,25)(H,22,26)(H,27,28);;/q;+1;-1. The zero-order valence-electron chi connectivity index (χ0n) is 19.4. The summed E-state index contributed by atoms with van der Waals surface area (Å²) in [4.78, 5) is 35.3. The Hall–Kier alpha value is -0.670. The smallest absolute Gasteiger partial charge is 1.00 e. The molecule has 0 saturated carbocycles. The molecule has 5 N–H and O–H groups in total. The topological polar surface area (TPSA) is 136 Å². The molecule has 0 aliphatic carbocycles. The van der Waals surface area contributed by atoms with E-state index in [9.17, 15) is 24.6 Å². The van der Waals surface area contributed by atoms with Crippen molar-refractivity contribution in [2.24, 2.45) is 0 Å². The van der Waals surface area contributed by atoms with Gasteiger partial charge in [-0.15, -0.1) is 0 Å². The van der Waals surface area contributed by atoms with Gasteiger partial charge in [0, 0.05) is 6.42 Å². The van der Waals surface area contributed by atoms with Crippen LogP contribution in [0.5, 0.6) is 0 Å². The summed E-state index contributed by atoms with van der Waals surface area (Å²) in [6.45, 7) is 4.76. The van der Waals surface area contributed by atoms with E-state index in [2.05, 4.69) is 17.6 Å². The van der Waals surface area contributed by atoms with Gasteiger partial charge in [0.05, 0.1) is 12.2 Å². The summed E-state index contributed by atoms with van der Waals surface area (Å²) < 4.78 is 0. The molecule has 0 bridgehead atoms. The van der Waals surface area contributed by atoms with E-state index in [1.165, 1.54) is 46.0 Å². The molecule has 29 heavy (non-hydrogen) atoms. The van der Waals surface area contributed by atoms with Crippen LogP contribution in [0.4, 0.5) is 0 Å². The normalized spacial score (nSPS) is 14.8. The number of carbonyl (C=O) groups excluding carboxylic acids is 2. The Morgan fingerprint density at radius 2 is 1.24 bits per heavy atom. The molecule has 166 valence electrons. The van der Waals surface area contributed by atoms with Crippen LogP contribution in [0.15, 0.2) is 0 Å². The molecule has 0 aliphatic heterocycles. The quantitative estimate of drug-likeness (QED) is 0.156. The number of hydrogen-bond acceptors (Lipinski definition) is 5. The summed E-state index contributed by atoms with van der Waals surface area (Å²) in [6.07, 6.45) is 7.83. The molecule has 4 unspecified atom stereocenters. The first-order valence-corrected chi connectivity index (χ1v) is 10.4. The summed E-state index contributed by atoms with van der Waals surface area (Å²) in [5, 5.41) is 32.8. The molecular weight excluding hydrogens is 387 g/mol. The summed E-state index contributed by atoms with van der Waals surface area (Å²) in [7, 11) is 0. The van der Waals surface area contributed by atoms with Gasteiger partial charge in [-0.25, -0.2) is 4.79 Å². The monoisotopic (exact) mass is 426 g/mol. The molecule has 0 fully saturated rings. The number of nitrogens with one attached hydrogen (secondary N) is 2. The van der Waals surface area contributed by atoms with Gasteiger partial charge < -0.3 is 27.4 Å². The van der Waals surface area contributed by atoms with Crippen molar-refractivity contribution in [3.8, 4) is 0 Å². The molecular formula is C20H39N2NaO6. The molecule has 0 radical (unpaired) electrons. The van der Waals surface area contributed by atoms with Crippen molar-refractivity contribution in [2.45, 2.75) is 109 Å². The Morgan fingerprint density at radius 1 is 0.793 bits per heavy atom. The molecule has 0 heterocycles. The summed E-state index contributed by atoms with van der Waals surface area (Å²) in [6, 6.07) is -2.78. The molecule has 0 aromatic heterocycles. The van der Waals surface area contributed by atoms with Gasteiger partial charge in [-0.3, -0.25) is 9.59 Å². The van der Waals surface area contributed by atoms with Crippen LogP contribution in [0.3, 0.4) is 0 Å². The number of amides is 2. The van der Waals surface area contributed by atoms with Crippen LogP contribution in [0, 0.1) is 0 Å². The van der Waals surface area contributed by atoms with Gasteiger partial charge in [0.2, 0.25) is 11.8 Å². The zero-order chi connectivity index (χ0) is 21.5. The number of carbonyl (C=O) groups is 3.